The number of nitrogens with zero attached hydrogens (tertiary/aromatic N) is 4. The summed E-state index contributed by atoms with van der Waals surface area (Å²) in [5.41, 5.74) is 3.86. The average Bonchev–Trinajstić information content (AvgIpc) is 2.87. The number of benzene rings is 1. The highest BCUT2D eigenvalue weighted by Crippen LogP contribution is 2.38. The third kappa shape index (κ3) is 2.88. The van der Waals surface area contributed by atoms with Crippen molar-refractivity contribution in [2.45, 2.75) is 26.4 Å². The van der Waals surface area contributed by atoms with E-state index in [0.29, 0.717) is 17.8 Å². The summed E-state index contributed by atoms with van der Waals surface area (Å²) < 4.78 is 7.46. The number of hydrogen-bond acceptors (Lipinski definition) is 4. The second kappa shape index (κ2) is 6.75. The molecule has 1 aromatic heterocycles. The van der Waals surface area contributed by atoms with E-state index in [0.717, 1.165) is 21.4 Å². The zero-order valence-corrected chi connectivity index (χ0v) is 17.0. The van der Waals surface area contributed by atoms with E-state index in [1.165, 1.54) is 7.11 Å². The van der Waals surface area contributed by atoms with E-state index in [1.807, 2.05) is 27.0 Å². The molecule has 2 heterocycles. The van der Waals surface area contributed by atoms with Crippen molar-refractivity contribution in [3.05, 3.63) is 45.2 Å². The third-order valence-electron chi connectivity index (χ3n) is 4.88. The predicted octanol–water partition coefficient (Wildman–Crippen LogP) is 3.41. The maximum atomic E-state index is 13.0. The van der Waals surface area contributed by atoms with Gasteiger partial charge in [-0.3, -0.25) is 9.58 Å². The van der Waals surface area contributed by atoms with Crippen LogP contribution in [0.25, 0.3) is 0 Å². The number of fused-ring (bicyclic) bond motifs is 1. The molecule has 8 heteroatoms. The van der Waals surface area contributed by atoms with Crippen molar-refractivity contribution < 1.29 is 14.3 Å². The number of rotatable bonds is 3. The van der Waals surface area contributed by atoms with Crippen LogP contribution >= 0.6 is 15.9 Å². The van der Waals surface area contributed by atoms with Crippen molar-refractivity contribution in [3.8, 4) is 0 Å². The topological polar surface area (TPSA) is 67.7 Å². The molecule has 26 heavy (non-hydrogen) atoms. The van der Waals surface area contributed by atoms with Crippen molar-refractivity contribution in [3.63, 3.8) is 0 Å². The van der Waals surface area contributed by atoms with Crippen LogP contribution in [0.3, 0.4) is 0 Å². The first kappa shape index (κ1) is 18.4. The van der Waals surface area contributed by atoms with Crippen LogP contribution in [-0.2, 0) is 18.3 Å². The van der Waals surface area contributed by atoms with Gasteiger partial charge in [0.05, 0.1) is 46.8 Å². The summed E-state index contributed by atoms with van der Waals surface area (Å²) in [7, 11) is 4.97. The lowest BCUT2D eigenvalue weighted by Gasteiger charge is -2.39. The van der Waals surface area contributed by atoms with Crippen molar-refractivity contribution in [2.75, 3.05) is 19.1 Å². The molecule has 0 unspecified atom stereocenters. The van der Waals surface area contributed by atoms with E-state index < -0.39 is 5.97 Å². The van der Waals surface area contributed by atoms with Gasteiger partial charge in [0.15, 0.2) is 0 Å². The highest BCUT2D eigenvalue weighted by atomic mass is 79.9. The molecule has 1 aliphatic rings. The normalized spacial score (nSPS) is 16.7. The largest absolute Gasteiger partial charge is 0.465 e. The lowest BCUT2D eigenvalue weighted by molar-refractivity contribution is 0.0600. The molecule has 1 atom stereocenters. The molecule has 0 fully saturated rings. The third-order valence-corrected chi connectivity index (χ3v) is 5.91. The van der Waals surface area contributed by atoms with E-state index in [2.05, 4.69) is 21.0 Å². The van der Waals surface area contributed by atoms with Crippen LogP contribution in [-0.4, -0.2) is 40.8 Å². The molecule has 1 aromatic carbocycles. The number of esters is 1. The Labute approximate surface area is 160 Å². The predicted molar refractivity (Wildman–Crippen MR) is 101 cm³/mol. The van der Waals surface area contributed by atoms with Crippen LogP contribution in [0.2, 0.25) is 0 Å². The van der Waals surface area contributed by atoms with Gasteiger partial charge in [-0.2, -0.15) is 5.10 Å². The number of methoxy groups -OCH3 is 1. The van der Waals surface area contributed by atoms with E-state index in [9.17, 15) is 9.59 Å². The van der Waals surface area contributed by atoms with Crippen LogP contribution in [0.5, 0.6) is 0 Å². The molecule has 2 aromatic rings. The number of urea groups is 1. The zero-order valence-electron chi connectivity index (χ0n) is 15.4. The number of anilines is 1. The number of hydrogen-bond donors (Lipinski definition) is 0. The van der Waals surface area contributed by atoms with Crippen molar-refractivity contribution in [1.82, 2.24) is 14.7 Å². The second-order valence-electron chi connectivity index (χ2n) is 6.39. The summed E-state index contributed by atoms with van der Waals surface area (Å²) in [6.07, 6.45) is 0. The van der Waals surface area contributed by atoms with Gasteiger partial charge in [0, 0.05) is 14.1 Å². The SMILES string of the molecule is COC(=O)c1ccc2c(c1)N(Cc1c(Br)c(C)nn1C)C(=O)N(C)[C@H]2C. The van der Waals surface area contributed by atoms with Gasteiger partial charge in [0.2, 0.25) is 0 Å². The maximum absolute atomic E-state index is 13.0. The Morgan fingerprint density at radius 1 is 1.35 bits per heavy atom. The minimum absolute atomic E-state index is 0.0860. The molecule has 0 aliphatic carbocycles. The van der Waals surface area contributed by atoms with Crippen molar-refractivity contribution in [1.29, 1.82) is 0 Å². The minimum atomic E-state index is -0.427. The van der Waals surface area contributed by atoms with Gasteiger partial charge in [-0.15, -0.1) is 0 Å². The second-order valence-corrected chi connectivity index (χ2v) is 7.18. The Kier molecular flexibility index (Phi) is 4.79. The molecular formula is C18H21BrN4O3. The molecule has 0 bridgehead atoms. The lowest BCUT2D eigenvalue weighted by Crippen LogP contribution is -2.46. The molecule has 0 spiro atoms. The molecule has 0 radical (unpaired) electrons. The smallest absolute Gasteiger partial charge is 0.337 e. The monoisotopic (exact) mass is 420 g/mol. The summed E-state index contributed by atoms with van der Waals surface area (Å²) in [5, 5.41) is 4.39. The van der Waals surface area contributed by atoms with Crippen LogP contribution in [0.4, 0.5) is 10.5 Å². The number of halogens is 1. The Balaban J connectivity index is 2.11. The lowest BCUT2D eigenvalue weighted by atomic mass is 9.99. The Bertz CT molecular complexity index is 893. The first-order chi connectivity index (χ1) is 12.3. The number of carbonyl (C=O) groups excluding carboxylic acids is 2. The van der Waals surface area contributed by atoms with Crippen molar-refractivity contribution in [2.24, 2.45) is 7.05 Å². The first-order valence-electron chi connectivity index (χ1n) is 8.20. The molecule has 0 saturated carbocycles. The van der Waals surface area contributed by atoms with Crippen LogP contribution in [0.1, 0.15) is 40.3 Å². The number of amides is 2. The fraction of sp³-hybridized carbons (Fsp3) is 0.389. The van der Waals surface area contributed by atoms with Gasteiger partial charge in [-0.1, -0.05) is 6.07 Å². The minimum Gasteiger partial charge on any atom is -0.465 e. The van der Waals surface area contributed by atoms with Gasteiger partial charge in [0.1, 0.15) is 0 Å². The molecule has 138 valence electrons. The summed E-state index contributed by atoms with van der Waals surface area (Å²) in [5.74, 6) is -0.427. The maximum Gasteiger partial charge on any atom is 0.337 e. The number of carbonyl (C=O) groups is 2. The molecule has 1 aliphatic heterocycles. The van der Waals surface area contributed by atoms with Crippen LogP contribution in [0, 0.1) is 6.92 Å². The summed E-state index contributed by atoms with van der Waals surface area (Å²) >= 11 is 3.55. The van der Waals surface area contributed by atoms with E-state index >= 15 is 0 Å². The number of ether oxygens (including phenoxy) is 1. The fourth-order valence-electron chi connectivity index (χ4n) is 3.20. The van der Waals surface area contributed by atoms with Gasteiger partial charge in [-0.25, -0.2) is 9.59 Å². The van der Waals surface area contributed by atoms with E-state index in [-0.39, 0.29) is 12.1 Å². The summed E-state index contributed by atoms with van der Waals surface area (Å²) in [6.45, 7) is 4.21. The number of aromatic nitrogens is 2. The van der Waals surface area contributed by atoms with Crippen molar-refractivity contribution >= 4 is 33.6 Å². The molecule has 2 amide bonds. The Morgan fingerprint density at radius 3 is 2.62 bits per heavy atom. The summed E-state index contributed by atoms with van der Waals surface area (Å²) in [6, 6.07) is 5.12. The molecular weight excluding hydrogens is 400 g/mol. The zero-order chi connectivity index (χ0) is 19.2. The van der Waals surface area contributed by atoms with E-state index in [1.54, 1.807) is 33.7 Å². The van der Waals surface area contributed by atoms with Gasteiger partial charge < -0.3 is 9.64 Å². The Hall–Kier alpha value is -2.35. The van der Waals surface area contributed by atoms with Gasteiger partial charge in [0.25, 0.3) is 0 Å². The van der Waals surface area contributed by atoms with Gasteiger partial charge >= 0.3 is 12.0 Å². The highest BCUT2D eigenvalue weighted by molar-refractivity contribution is 9.10. The standard InChI is InChI=1S/C18H21BrN4O3/c1-10-16(19)15(22(4)20-10)9-23-14-8-12(17(24)26-5)6-7-13(14)11(2)21(3)18(23)25/h6-8,11H,9H2,1-5H3/t11-/m0/s1. The molecule has 0 N–H and O–H groups in total. The average molecular weight is 421 g/mol. The van der Waals surface area contributed by atoms with E-state index in [4.69, 9.17) is 4.74 Å². The molecule has 0 saturated heterocycles. The highest BCUT2D eigenvalue weighted by Gasteiger charge is 2.34. The molecule has 7 nitrogen and oxygen atoms in total. The van der Waals surface area contributed by atoms with Crippen LogP contribution in [0.15, 0.2) is 22.7 Å². The summed E-state index contributed by atoms with van der Waals surface area (Å²) in [4.78, 5) is 28.3. The fourth-order valence-corrected chi connectivity index (χ4v) is 3.66. The quantitative estimate of drug-likeness (QED) is 0.713. The van der Waals surface area contributed by atoms with Gasteiger partial charge in [-0.05, 0) is 47.5 Å². The Morgan fingerprint density at radius 2 is 2.04 bits per heavy atom. The van der Waals surface area contributed by atoms with Crippen LogP contribution < -0.4 is 4.90 Å². The number of aryl methyl sites for hydroxylation is 2. The molecule has 3 rings (SSSR count). The first-order valence-corrected chi connectivity index (χ1v) is 9.00.